The maximum atomic E-state index is 11.8. The monoisotopic (exact) mass is 293 g/mol. The van der Waals surface area contributed by atoms with Crippen molar-refractivity contribution in [3.8, 4) is 0 Å². The van der Waals surface area contributed by atoms with Crippen LogP contribution in [0.25, 0.3) is 0 Å². The Labute approximate surface area is 124 Å². The van der Waals surface area contributed by atoms with Crippen molar-refractivity contribution >= 4 is 12.0 Å². The van der Waals surface area contributed by atoms with E-state index in [0.717, 1.165) is 18.5 Å². The number of nitrogens with one attached hydrogen (secondary N) is 3. The molecule has 0 fully saturated rings. The molecular weight excluding hydrogens is 270 g/mol. The first kappa shape index (κ1) is 17.0. The summed E-state index contributed by atoms with van der Waals surface area (Å²) in [7, 11) is 1.86. The van der Waals surface area contributed by atoms with E-state index in [4.69, 9.17) is 5.11 Å². The molecule has 1 atom stereocenters. The fraction of sp³-hybridized carbons (Fsp3) is 0.467. The van der Waals surface area contributed by atoms with Gasteiger partial charge in [-0.05, 0) is 32.0 Å². The number of carboxylic acid groups (broad SMARTS) is 1. The second kappa shape index (κ2) is 9.77. The van der Waals surface area contributed by atoms with Crippen LogP contribution in [0.4, 0.5) is 4.79 Å². The third kappa shape index (κ3) is 7.31. The average molecular weight is 293 g/mol. The van der Waals surface area contributed by atoms with Gasteiger partial charge in [0, 0.05) is 13.0 Å². The molecule has 1 aromatic carbocycles. The van der Waals surface area contributed by atoms with E-state index in [1.54, 1.807) is 0 Å². The lowest BCUT2D eigenvalue weighted by Gasteiger charge is -2.19. The Balaban J connectivity index is 2.52. The third-order valence-corrected chi connectivity index (χ3v) is 3.04. The van der Waals surface area contributed by atoms with Gasteiger partial charge in [-0.3, -0.25) is 4.79 Å². The highest BCUT2D eigenvalue weighted by Gasteiger charge is 2.15. The van der Waals surface area contributed by atoms with E-state index in [0.29, 0.717) is 13.0 Å². The molecule has 0 saturated heterocycles. The van der Waals surface area contributed by atoms with Crippen molar-refractivity contribution in [2.24, 2.45) is 0 Å². The highest BCUT2D eigenvalue weighted by Crippen LogP contribution is 2.18. The summed E-state index contributed by atoms with van der Waals surface area (Å²) in [4.78, 5) is 22.6. The predicted octanol–water partition coefficient (Wildman–Crippen LogP) is 1.50. The maximum absolute atomic E-state index is 11.8. The van der Waals surface area contributed by atoms with Crippen molar-refractivity contribution in [3.63, 3.8) is 0 Å². The molecule has 1 aromatic rings. The molecule has 6 nitrogen and oxygen atoms in total. The summed E-state index contributed by atoms with van der Waals surface area (Å²) < 4.78 is 0. The topological polar surface area (TPSA) is 90.5 Å². The fourth-order valence-corrected chi connectivity index (χ4v) is 1.95. The Morgan fingerprint density at radius 2 is 1.90 bits per heavy atom. The molecule has 0 aromatic heterocycles. The van der Waals surface area contributed by atoms with Gasteiger partial charge in [-0.2, -0.15) is 0 Å². The van der Waals surface area contributed by atoms with Crippen molar-refractivity contribution < 1.29 is 14.7 Å². The number of carboxylic acids is 1. The van der Waals surface area contributed by atoms with Gasteiger partial charge < -0.3 is 21.1 Å². The van der Waals surface area contributed by atoms with Gasteiger partial charge in [0.15, 0.2) is 0 Å². The lowest BCUT2D eigenvalue weighted by molar-refractivity contribution is -0.137. The molecule has 0 aliphatic rings. The van der Waals surface area contributed by atoms with E-state index < -0.39 is 5.97 Å². The minimum atomic E-state index is -0.868. The third-order valence-electron chi connectivity index (χ3n) is 3.04. The van der Waals surface area contributed by atoms with Crippen LogP contribution in [0.2, 0.25) is 0 Å². The van der Waals surface area contributed by atoms with Gasteiger partial charge in [-0.15, -0.1) is 0 Å². The molecule has 0 heterocycles. The molecule has 21 heavy (non-hydrogen) atoms. The minimum Gasteiger partial charge on any atom is -0.481 e. The lowest BCUT2D eigenvalue weighted by atomic mass is 10.0. The smallest absolute Gasteiger partial charge is 0.315 e. The van der Waals surface area contributed by atoms with E-state index in [9.17, 15) is 9.59 Å². The highest BCUT2D eigenvalue weighted by molar-refractivity contribution is 5.74. The number of urea groups is 1. The summed E-state index contributed by atoms with van der Waals surface area (Å²) in [5.74, 6) is -0.868. The number of carbonyl (C=O) groups is 2. The number of aliphatic carboxylic acids is 1. The maximum Gasteiger partial charge on any atom is 0.315 e. The van der Waals surface area contributed by atoms with Crippen molar-refractivity contribution in [2.45, 2.75) is 25.3 Å². The number of hydrogen-bond acceptors (Lipinski definition) is 3. The van der Waals surface area contributed by atoms with Crippen LogP contribution >= 0.6 is 0 Å². The zero-order valence-electron chi connectivity index (χ0n) is 12.3. The quantitative estimate of drug-likeness (QED) is 0.519. The SMILES string of the molecule is CNCCCNC(=O)NC(CCC(=O)O)c1ccccc1. The Bertz CT molecular complexity index is 437. The summed E-state index contributed by atoms with van der Waals surface area (Å²) in [5.41, 5.74) is 0.907. The van der Waals surface area contributed by atoms with Crippen LogP contribution < -0.4 is 16.0 Å². The Hall–Kier alpha value is -2.08. The number of hydrogen-bond donors (Lipinski definition) is 4. The standard InChI is InChI=1S/C15H23N3O3/c1-16-10-5-11-17-15(21)18-13(8-9-14(19)20)12-6-3-2-4-7-12/h2-4,6-7,13,16H,5,8-11H2,1H3,(H,19,20)(H2,17,18,21). The molecule has 6 heteroatoms. The lowest BCUT2D eigenvalue weighted by Crippen LogP contribution is -2.39. The van der Waals surface area contributed by atoms with Gasteiger partial charge in [0.2, 0.25) is 0 Å². The first-order valence-corrected chi connectivity index (χ1v) is 7.09. The normalized spacial score (nSPS) is 11.7. The number of benzene rings is 1. The Kier molecular flexibility index (Phi) is 7.89. The van der Waals surface area contributed by atoms with Crippen LogP contribution in [-0.4, -0.2) is 37.2 Å². The van der Waals surface area contributed by atoms with Crippen molar-refractivity contribution in [1.82, 2.24) is 16.0 Å². The summed E-state index contributed by atoms with van der Waals surface area (Å²) in [6.07, 6.45) is 1.22. The van der Waals surface area contributed by atoms with Gasteiger partial charge in [0.05, 0.1) is 6.04 Å². The van der Waals surface area contributed by atoms with Gasteiger partial charge in [0.1, 0.15) is 0 Å². The zero-order valence-corrected chi connectivity index (χ0v) is 12.3. The molecule has 1 unspecified atom stereocenters. The van der Waals surface area contributed by atoms with Crippen LogP contribution in [0, 0.1) is 0 Å². The largest absolute Gasteiger partial charge is 0.481 e. The van der Waals surface area contributed by atoms with E-state index in [2.05, 4.69) is 16.0 Å². The summed E-state index contributed by atoms with van der Waals surface area (Å²) in [6, 6.07) is 8.82. The number of rotatable bonds is 9. The Morgan fingerprint density at radius 3 is 2.52 bits per heavy atom. The molecule has 4 N–H and O–H groups in total. The highest BCUT2D eigenvalue weighted by atomic mass is 16.4. The minimum absolute atomic E-state index is 0.0135. The zero-order chi connectivity index (χ0) is 15.5. The first-order valence-electron chi connectivity index (χ1n) is 7.09. The molecule has 0 radical (unpaired) electrons. The molecule has 0 saturated carbocycles. The molecule has 116 valence electrons. The van der Waals surface area contributed by atoms with E-state index in [-0.39, 0.29) is 18.5 Å². The van der Waals surface area contributed by atoms with Crippen LogP contribution in [0.15, 0.2) is 30.3 Å². The van der Waals surface area contributed by atoms with E-state index >= 15 is 0 Å². The van der Waals surface area contributed by atoms with Crippen molar-refractivity contribution in [3.05, 3.63) is 35.9 Å². The van der Waals surface area contributed by atoms with Gasteiger partial charge in [0.25, 0.3) is 0 Å². The first-order chi connectivity index (χ1) is 10.1. The molecule has 0 spiro atoms. The van der Waals surface area contributed by atoms with Crippen molar-refractivity contribution in [1.29, 1.82) is 0 Å². The van der Waals surface area contributed by atoms with E-state index in [1.165, 1.54) is 0 Å². The summed E-state index contributed by atoms with van der Waals surface area (Å²) in [5, 5.41) is 17.4. The average Bonchev–Trinajstić information content (AvgIpc) is 2.48. The second-order valence-corrected chi connectivity index (χ2v) is 4.75. The molecule has 2 amide bonds. The van der Waals surface area contributed by atoms with Gasteiger partial charge in [-0.1, -0.05) is 30.3 Å². The van der Waals surface area contributed by atoms with Crippen molar-refractivity contribution in [2.75, 3.05) is 20.1 Å². The molecular formula is C15H23N3O3. The molecule has 0 bridgehead atoms. The van der Waals surface area contributed by atoms with E-state index in [1.807, 2.05) is 37.4 Å². The summed E-state index contributed by atoms with van der Waals surface area (Å²) in [6.45, 7) is 1.41. The van der Waals surface area contributed by atoms with Crippen LogP contribution in [-0.2, 0) is 4.79 Å². The van der Waals surface area contributed by atoms with Crippen LogP contribution in [0.5, 0.6) is 0 Å². The van der Waals surface area contributed by atoms with Crippen LogP contribution in [0.1, 0.15) is 30.9 Å². The van der Waals surface area contributed by atoms with Gasteiger partial charge in [-0.25, -0.2) is 4.79 Å². The van der Waals surface area contributed by atoms with Crippen LogP contribution in [0.3, 0.4) is 0 Å². The summed E-state index contributed by atoms with van der Waals surface area (Å²) >= 11 is 0. The number of carbonyl (C=O) groups excluding carboxylic acids is 1. The molecule has 0 aliphatic heterocycles. The number of amides is 2. The second-order valence-electron chi connectivity index (χ2n) is 4.75. The molecule has 0 aliphatic carbocycles. The predicted molar refractivity (Wildman–Crippen MR) is 81.1 cm³/mol. The fourth-order valence-electron chi connectivity index (χ4n) is 1.95. The van der Waals surface area contributed by atoms with Gasteiger partial charge >= 0.3 is 12.0 Å². The molecule has 1 rings (SSSR count). The Morgan fingerprint density at radius 1 is 1.19 bits per heavy atom.